The van der Waals surface area contributed by atoms with Crippen LogP contribution in [-0.2, 0) is 11.2 Å². The number of rotatable bonds is 6. The third-order valence-electron chi connectivity index (χ3n) is 3.60. The highest BCUT2D eigenvalue weighted by Gasteiger charge is 2.04. The molecule has 0 fully saturated rings. The van der Waals surface area contributed by atoms with Crippen LogP contribution in [0.2, 0.25) is 0 Å². The van der Waals surface area contributed by atoms with E-state index in [1.54, 1.807) is 6.08 Å². The molecule has 2 rings (SSSR count). The summed E-state index contributed by atoms with van der Waals surface area (Å²) >= 11 is 0. The number of aryl methyl sites for hydroxylation is 2. The first-order valence-electron chi connectivity index (χ1n) is 7.72. The number of hydrogen-bond donors (Lipinski definition) is 1. The molecule has 2 aromatic rings. The molecule has 114 valence electrons. The van der Waals surface area contributed by atoms with E-state index in [1.807, 2.05) is 55.5 Å². The molecule has 0 aromatic heterocycles. The third-order valence-corrected chi connectivity index (χ3v) is 3.60. The van der Waals surface area contributed by atoms with Crippen molar-refractivity contribution in [1.82, 2.24) is 5.32 Å². The Kier molecular flexibility index (Phi) is 5.96. The Morgan fingerprint density at radius 1 is 1.09 bits per heavy atom. The fraction of sp³-hybridized carbons (Fsp3) is 0.250. The van der Waals surface area contributed by atoms with Gasteiger partial charge in [-0.2, -0.15) is 0 Å². The van der Waals surface area contributed by atoms with Crippen molar-refractivity contribution in [3.8, 4) is 0 Å². The summed E-state index contributed by atoms with van der Waals surface area (Å²) < 4.78 is 0. The van der Waals surface area contributed by atoms with Crippen molar-refractivity contribution in [2.75, 3.05) is 0 Å². The Labute approximate surface area is 132 Å². The van der Waals surface area contributed by atoms with Gasteiger partial charge in [0.1, 0.15) is 0 Å². The fourth-order valence-corrected chi connectivity index (χ4v) is 2.24. The zero-order valence-corrected chi connectivity index (χ0v) is 13.3. The van der Waals surface area contributed by atoms with Gasteiger partial charge >= 0.3 is 0 Å². The van der Waals surface area contributed by atoms with Gasteiger partial charge in [-0.3, -0.25) is 4.79 Å². The van der Waals surface area contributed by atoms with Crippen molar-refractivity contribution < 1.29 is 4.79 Å². The number of carbonyl (C=O) groups excluding carboxylic acids is 1. The van der Waals surface area contributed by atoms with Crippen LogP contribution in [0.4, 0.5) is 0 Å². The molecule has 0 unspecified atom stereocenters. The molecule has 2 nitrogen and oxygen atoms in total. The van der Waals surface area contributed by atoms with Crippen LogP contribution in [0, 0.1) is 6.92 Å². The first kappa shape index (κ1) is 16.0. The summed E-state index contributed by atoms with van der Waals surface area (Å²) in [5.74, 6) is -0.0406. The van der Waals surface area contributed by atoms with Gasteiger partial charge in [-0.15, -0.1) is 0 Å². The van der Waals surface area contributed by atoms with Gasteiger partial charge in [0.15, 0.2) is 0 Å². The highest BCUT2D eigenvalue weighted by molar-refractivity contribution is 5.91. The Bertz CT molecular complexity index is 614. The van der Waals surface area contributed by atoms with E-state index in [0.717, 1.165) is 18.4 Å². The van der Waals surface area contributed by atoms with Gasteiger partial charge in [-0.25, -0.2) is 0 Å². The van der Waals surface area contributed by atoms with Gasteiger partial charge < -0.3 is 5.32 Å². The molecule has 1 N–H and O–H groups in total. The minimum absolute atomic E-state index is 0.0406. The first-order chi connectivity index (χ1) is 10.6. The number of amides is 1. The van der Waals surface area contributed by atoms with Gasteiger partial charge in [0, 0.05) is 12.1 Å². The zero-order chi connectivity index (χ0) is 15.8. The fourth-order valence-electron chi connectivity index (χ4n) is 2.24. The molecule has 22 heavy (non-hydrogen) atoms. The number of nitrogens with one attached hydrogen (secondary N) is 1. The van der Waals surface area contributed by atoms with Gasteiger partial charge in [0.05, 0.1) is 0 Å². The number of benzene rings is 2. The van der Waals surface area contributed by atoms with Gasteiger partial charge in [-0.05, 0) is 43.9 Å². The van der Waals surface area contributed by atoms with Crippen LogP contribution in [0.5, 0.6) is 0 Å². The van der Waals surface area contributed by atoms with E-state index in [1.165, 1.54) is 11.1 Å². The molecule has 0 saturated carbocycles. The summed E-state index contributed by atoms with van der Waals surface area (Å²) in [6, 6.07) is 18.6. The van der Waals surface area contributed by atoms with Crippen molar-refractivity contribution in [2.24, 2.45) is 0 Å². The molecule has 2 heteroatoms. The van der Waals surface area contributed by atoms with Crippen LogP contribution >= 0.6 is 0 Å². The molecule has 0 heterocycles. The van der Waals surface area contributed by atoms with Crippen LogP contribution in [0.3, 0.4) is 0 Å². The number of hydrogen-bond acceptors (Lipinski definition) is 1. The van der Waals surface area contributed by atoms with E-state index in [4.69, 9.17) is 0 Å². The summed E-state index contributed by atoms with van der Waals surface area (Å²) in [4.78, 5) is 11.9. The maximum Gasteiger partial charge on any atom is 0.244 e. The Hall–Kier alpha value is -2.35. The van der Waals surface area contributed by atoms with Crippen molar-refractivity contribution in [2.45, 2.75) is 32.7 Å². The average Bonchev–Trinajstić information content (AvgIpc) is 2.53. The first-order valence-corrected chi connectivity index (χ1v) is 7.72. The largest absolute Gasteiger partial charge is 0.350 e. The van der Waals surface area contributed by atoms with E-state index in [2.05, 4.69) is 24.4 Å². The maximum absolute atomic E-state index is 11.9. The van der Waals surface area contributed by atoms with Gasteiger partial charge in [-0.1, -0.05) is 60.2 Å². The lowest BCUT2D eigenvalue weighted by molar-refractivity contribution is -0.117. The summed E-state index contributed by atoms with van der Waals surface area (Å²) in [6.07, 6.45) is 5.36. The molecule has 0 bridgehead atoms. The van der Waals surface area contributed by atoms with E-state index < -0.39 is 0 Å². The Morgan fingerprint density at radius 2 is 1.77 bits per heavy atom. The predicted octanol–water partition coefficient (Wildman–Crippen LogP) is 4.15. The van der Waals surface area contributed by atoms with Crippen LogP contribution in [0.1, 0.15) is 30.0 Å². The maximum atomic E-state index is 11.9. The summed E-state index contributed by atoms with van der Waals surface area (Å²) in [7, 11) is 0. The molecular formula is C20H23NO. The monoisotopic (exact) mass is 293 g/mol. The zero-order valence-electron chi connectivity index (χ0n) is 13.3. The lowest BCUT2D eigenvalue weighted by Crippen LogP contribution is -2.31. The molecule has 0 radical (unpaired) electrons. The number of carbonyl (C=O) groups is 1. The smallest absolute Gasteiger partial charge is 0.244 e. The molecule has 2 aromatic carbocycles. The highest BCUT2D eigenvalue weighted by Crippen LogP contribution is 2.06. The average molecular weight is 293 g/mol. The van der Waals surface area contributed by atoms with Crippen LogP contribution in [0.15, 0.2) is 60.7 Å². The lowest BCUT2D eigenvalue weighted by Gasteiger charge is -2.12. The second-order valence-corrected chi connectivity index (χ2v) is 5.68. The summed E-state index contributed by atoms with van der Waals surface area (Å²) in [5, 5.41) is 3.01. The summed E-state index contributed by atoms with van der Waals surface area (Å²) in [5.41, 5.74) is 3.56. The third kappa shape index (κ3) is 5.57. The second kappa shape index (κ2) is 8.18. The highest BCUT2D eigenvalue weighted by atomic mass is 16.1. The lowest BCUT2D eigenvalue weighted by atomic mass is 10.1. The second-order valence-electron chi connectivity index (χ2n) is 5.68. The van der Waals surface area contributed by atoms with E-state index in [9.17, 15) is 4.79 Å². The molecule has 0 aliphatic heterocycles. The van der Waals surface area contributed by atoms with Gasteiger partial charge in [0.2, 0.25) is 5.91 Å². The van der Waals surface area contributed by atoms with Crippen LogP contribution in [-0.4, -0.2) is 11.9 Å². The standard InChI is InChI=1S/C20H23NO/c1-16-8-11-19(12-9-16)14-15-20(22)21-17(2)10-13-18-6-4-3-5-7-18/h3-9,11-12,14-15,17H,10,13H2,1-2H3,(H,21,22)/b15-14+/t17-/m1/s1. The molecule has 0 aliphatic rings. The molecule has 0 spiro atoms. The van der Waals surface area contributed by atoms with Gasteiger partial charge in [0.25, 0.3) is 0 Å². The van der Waals surface area contributed by atoms with E-state index in [0.29, 0.717) is 0 Å². The van der Waals surface area contributed by atoms with Crippen LogP contribution < -0.4 is 5.32 Å². The van der Waals surface area contributed by atoms with Crippen molar-refractivity contribution in [1.29, 1.82) is 0 Å². The normalized spacial score (nSPS) is 12.3. The topological polar surface area (TPSA) is 29.1 Å². The quantitative estimate of drug-likeness (QED) is 0.797. The Balaban J connectivity index is 1.77. The van der Waals surface area contributed by atoms with Crippen molar-refractivity contribution >= 4 is 12.0 Å². The summed E-state index contributed by atoms with van der Waals surface area (Å²) in [6.45, 7) is 4.09. The molecule has 0 saturated heterocycles. The predicted molar refractivity (Wildman–Crippen MR) is 92.6 cm³/mol. The molecule has 1 amide bonds. The van der Waals surface area contributed by atoms with E-state index in [-0.39, 0.29) is 11.9 Å². The molecular weight excluding hydrogens is 270 g/mol. The molecule has 0 aliphatic carbocycles. The minimum atomic E-state index is -0.0406. The SMILES string of the molecule is Cc1ccc(/C=C/C(=O)N[C@H](C)CCc2ccccc2)cc1. The van der Waals surface area contributed by atoms with Crippen LogP contribution in [0.25, 0.3) is 6.08 Å². The van der Waals surface area contributed by atoms with Crippen molar-refractivity contribution in [3.63, 3.8) is 0 Å². The van der Waals surface area contributed by atoms with Crippen molar-refractivity contribution in [3.05, 3.63) is 77.4 Å². The Morgan fingerprint density at radius 3 is 2.45 bits per heavy atom. The molecule has 1 atom stereocenters. The minimum Gasteiger partial charge on any atom is -0.350 e. The van der Waals surface area contributed by atoms with E-state index >= 15 is 0 Å².